The fourth-order valence-corrected chi connectivity index (χ4v) is 4.88. The van der Waals surface area contributed by atoms with Crippen molar-refractivity contribution in [3.05, 3.63) is 65.2 Å². The maximum Gasteiger partial charge on any atom is 0.337 e. The Morgan fingerprint density at radius 1 is 1.14 bits per heavy atom. The van der Waals surface area contributed by atoms with Gasteiger partial charge in [-0.25, -0.2) is 4.79 Å². The van der Waals surface area contributed by atoms with E-state index in [1.807, 2.05) is 18.2 Å². The molecule has 1 aliphatic carbocycles. The van der Waals surface area contributed by atoms with Crippen LogP contribution in [0.1, 0.15) is 40.7 Å². The van der Waals surface area contributed by atoms with Gasteiger partial charge < -0.3 is 9.64 Å². The van der Waals surface area contributed by atoms with E-state index in [4.69, 9.17) is 4.74 Å². The molecule has 2 heterocycles. The Morgan fingerprint density at radius 2 is 1.90 bits per heavy atom. The van der Waals surface area contributed by atoms with Crippen LogP contribution in [0.5, 0.6) is 0 Å². The molecule has 1 saturated heterocycles. The fourth-order valence-electron chi connectivity index (χ4n) is 4.88. The topological polar surface area (TPSA) is 49.9 Å². The Hall–Kier alpha value is -2.66. The molecule has 2 fully saturated rings. The third-order valence-corrected chi connectivity index (χ3v) is 6.63. The van der Waals surface area contributed by atoms with Gasteiger partial charge in [0.25, 0.3) is 0 Å². The number of amides is 1. The maximum atomic E-state index is 13.5. The lowest BCUT2D eigenvalue weighted by atomic mass is 9.81. The summed E-state index contributed by atoms with van der Waals surface area (Å²) in [5.74, 6) is 0.641. The first-order chi connectivity index (χ1) is 14.1. The van der Waals surface area contributed by atoms with Crippen molar-refractivity contribution in [2.75, 3.05) is 31.6 Å². The summed E-state index contributed by atoms with van der Waals surface area (Å²) in [6.45, 7) is 3.30. The predicted octanol–water partition coefficient (Wildman–Crippen LogP) is 3.37. The molecule has 5 heteroatoms. The first-order valence-electron chi connectivity index (χ1n) is 10.4. The van der Waals surface area contributed by atoms with E-state index < -0.39 is 5.41 Å². The number of esters is 1. The highest BCUT2D eigenvalue weighted by Gasteiger charge is 2.54. The summed E-state index contributed by atoms with van der Waals surface area (Å²) >= 11 is 0. The molecule has 1 atom stereocenters. The largest absolute Gasteiger partial charge is 0.465 e. The van der Waals surface area contributed by atoms with Gasteiger partial charge in [-0.3, -0.25) is 9.69 Å². The lowest BCUT2D eigenvalue weighted by Crippen LogP contribution is -2.43. The molecule has 1 amide bonds. The minimum absolute atomic E-state index is 0.286. The summed E-state index contributed by atoms with van der Waals surface area (Å²) in [5, 5.41) is 0. The quantitative estimate of drug-likeness (QED) is 0.735. The number of rotatable bonds is 5. The third-order valence-electron chi connectivity index (χ3n) is 6.63. The zero-order chi connectivity index (χ0) is 20.0. The number of benzene rings is 2. The molecule has 1 saturated carbocycles. The summed E-state index contributed by atoms with van der Waals surface area (Å²) in [5.41, 5.74) is 3.62. The van der Waals surface area contributed by atoms with Crippen molar-refractivity contribution in [1.29, 1.82) is 0 Å². The molecule has 0 bridgehead atoms. The van der Waals surface area contributed by atoms with Gasteiger partial charge in [0.05, 0.1) is 18.1 Å². The SMILES string of the molecule is COC(=O)c1ccc(CN2CCC3(C2)C(=O)N(CC2CC2)c2ccccc23)cc1. The van der Waals surface area contributed by atoms with Gasteiger partial charge in [-0.15, -0.1) is 0 Å². The molecule has 3 aliphatic rings. The average molecular weight is 390 g/mol. The Bertz CT molecular complexity index is 951. The second-order valence-electron chi connectivity index (χ2n) is 8.61. The molecule has 150 valence electrons. The van der Waals surface area contributed by atoms with Crippen LogP contribution in [-0.2, 0) is 21.5 Å². The Kier molecular flexibility index (Phi) is 4.43. The van der Waals surface area contributed by atoms with Crippen LogP contribution < -0.4 is 4.90 Å². The molecule has 0 aromatic heterocycles. The predicted molar refractivity (Wildman–Crippen MR) is 111 cm³/mol. The van der Waals surface area contributed by atoms with Crippen LogP contribution >= 0.6 is 0 Å². The molecular weight excluding hydrogens is 364 g/mol. The van der Waals surface area contributed by atoms with Gasteiger partial charge in [0.2, 0.25) is 5.91 Å². The second-order valence-corrected chi connectivity index (χ2v) is 8.61. The van der Waals surface area contributed by atoms with Gasteiger partial charge in [-0.1, -0.05) is 30.3 Å². The highest BCUT2D eigenvalue weighted by molar-refractivity contribution is 6.08. The van der Waals surface area contributed by atoms with Crippen LogP contribution in [0.4, 0.5) is 5.69 Å². The molecule has 5 rings (SSSR count). The monoisotopic (exact) mass is 390 g/mol. The van der Waals surface area contributed by atoms with Gasteiger partial charge in [0.15, 0.2) is 0 Å². The number of fused-ring (bicyclic) bond motifs is 2. The molecule has 0 radical (unpaired) electrons. The minimum atomic E-state index is -0.405. The number of ether oxygens (including phenoxy) is 1. The summed E-state index contributed by atoms with van der Waals surface area (Å²) in [7, 11) is 1.39. The number of anilines is 1. The van der Waals surface area contributed by atoms with Crippen molar-refractivity contribution in [3.8, 4) is 0 Å². The minimum Gasteiger partial charge on any atom is -0.465 e. The zero-order valence-electron chi connectivity index (χ0n) is 16.8. The number of methoxy groups -OCH3 is 1. The molecule has 2 aromatic rings. The standard InChI is InChI=1S/C24H26N2O3/c1-29-22(27)19-10-8-17(9-11-19)14-25-13-12-24(16-25)20-4-2-3-5-21(20)26(23(24)28)15-18-6-7-18/h2-5,8-11,18H,6-7,12-16H2,1H3. The maximum absolute atomic E-state index is 13.5. The number of carbonyl (C=O) groups is 2. The molecule has 1 spiro atoms. The number of hydrogen-bond donors (Lipinski definition) is 0. The van der Waals surface area contributed by atoms with Gasteiger partial charge in [-0.2, -0.15) is 0 Å². The van der Waals surface area contributed by atoms with Crippen molar-refractivity contribution in [3.63, 3.8) is 0 Å². The normalized spacial score (nSPS) is 23.6. The van der Waals surface area contributed by atoms with Gasteiger partial charge >= 0.3 is 5.97 Å². The molecule has 0 N–H and O–H groups in total. The molecule has 29 heavy (non-hydrogen) atoms. The highest BCUT2D eigenvalue weighted by atomic mass is 16.5. The summed E-state index contributed by atoms with van der Waals surface area (Å²) < 4.78 is 4.77. The smallest absolute Gasteiger partial charge is 0.337 e. The summed E-state index contributed by atoms with van der Waals surface area (Å²) in [6, 6.07) is 15.9. The number of carbonyl (C=O) groups excluding carboxylic acids is 2. The van der Waals surface area contributed by atoms with E-state index in [9.17, 15) is 9.59 Å². The van der Waals surface area contributed by atoms with Crippen LogP contribution in [-0.4, -0.2) is 43.5 Å². The number of likely N-dealkylation sites (tertiary alicyclic amines) is 1. The first-order valence-corrected chi connectivity index (χ1v) is 10.4. The van der Waals surface area contributed by atoms with E-state index in [-0.39, 0.29) is 11.9 Å². The number of nitrogens with zero attached hydrogens (tertiary/aromatic N) is 2. The van der Waals surface area contributed by atoms with Crippen LogP contribution in [0.15, 0.2) is 48.5 Å². The van der Waals surface area contributed by atoms with Gasteiger partial charge in [0, 0.05) is 25.3 Å². The van der Waals surface area contributed by atoms with Crippen LogP contribution in [0, 0.1) is 5.92 Å². The molecule has 5 nitrogen and oxygen atoms in total. The van der Waals surface area contributed by atoms with Crippen molar-refractivity contribution in [2.24, 2.45) is 5.92 Å². The molecule has 2 aliphatic heterocycles. The van der Waals surface area contributed by atoms with Crippen molar-refractivity contribution >= 4 is 17.6 Å². The van der Waals surface area contributed by atoms with E-state index in [0.29, 0.717) is 11.5 Å². The Balaban J connectivity index is 1.35. The summed E-state index contributed by atoms with van der Waals surface area (Å²) in [4.78, 5) is 29.6. The second kappa shape index (κ2) is 6.99. The number of para-hydroxylation sites is 1. The molecule has 2 aromatic carbocycles. The Morgan fingerprint density at radius 3 is 2.62 bits per heavy atom. The Labute approximate surface area is 171 Å². The van der Waals surface area contributed by atoms with E-state index >= 15 is 0 Å². The van der Waals surface area contributed by atoms with Gasteiger partial charge in [0.1, 0.15) is 0 Å². The van der Waals surface area contributed by atoms with Crippen LogP contribution in [0.3, 0.4) is 0 Å². The van der Waals surface area contributed by atoms with E-state index in [0.717, 1.165) is 43.9 Å². The van der Waals surface area contributed by atoms with Crippen molar-refractivity contribution in [2.45, 2.75) is 31.2 Å². The molecular formula is C24H26N2O3. The van der Waals surface area contributed by atoms with Crippen LogP contribution in [0.25, 0.3) is 0 Å². The fraction of sp³-hybridized carbons (Fsp3) is 0.417. The van der Waals surface area contributed by atoms with Crippen molar-refractivity contribution < 1.29 is 14.3 Å². The van der Waals surface area contributed by atoms with Gasteiger partial charge in [-0.05, 0) is 61.1 Å². The lowest BCUT2D eigenvalue weighted by Gasteiger charge is -2.25. The lowest BCUT2D eigenvalue weighted by molar-refractivity contribution is -0.122. The van der Waals surface area contributed by atoms with E-state index in [1.54, 1.807) is 12.1 Å². The van der Waals surface area contributed by atoms with Crippen molar-refractivity contribution in [1.82, 2.24) is 4.90 Å². The zero-order valence-corrected chi connectivity index (χ0v) is 16.8. The van der Waals surface area contributed by atoms with Crippen LogP contribution in [0.2, 0.25) is 0 Å². The third kappa shape index (κ3) is 3.14. The highest BCUT2D eigenvalue weighted by Crippen LogP contribution is 2.48. The van der Waals surface area contributed by atoms with E-state index in [1.165, 1.54) is 25.5 Å². The summed E-state index contributed by atoms with van der Waals surface area (Å²) in [6.07, 6.45) is 3.35. The first kappa shape index (κ1) is 18.4. The average Bonchev–Trinajstić information content (AvgIpc) is 3.44. The number of hydrogen-bond acceptors (Lipinski definition) is 4. The molecule has 1 unspecified atom stereocenters. The van der Waals surface area contributed by atoms with E-state index in [2.05, 4.69) is 28.0 Å².